The van der Waals surface area contributed by atoms with E-state index in [-0.39, 0.29) is 0 Å². The lowest BCUT2D eigenvalue weighted by molar-refractivity contribution is -0.143. The maximum atomic E-state index is 12.4. The molecule has 0 bridgehead atoms. The summed E-state index contributed by atoms with van der Waals surface area (Å²) in [6.45, 7) is 2.08. The second-order valence-corrected chi connectivity index (χ2v) is 5.18. The van der Waals surface area contributed by atoms with Gasteiger partial charge in [0.2, 0.25) is 0 Å². The van der Waals surface area contributed by atoms with Gasteiger partial charge in [0.25, 0.3) is 0 Å². The van der Waals surface area contributed by atoms with Crippen LogP contribution in [0.5, 0.6) is 0 Å². The maximum absolute atomic E-state index is 12.4. The highest BCUT2D eigenvalue weighted by atomic mass is 19.4. The van der Waals surface area contributed by atoms with Crippen LogP contribution in [0.1, 0.15) is 19.8 Å². The molecule has 0 amide bonds. The van der Waals surface area contributed by atoms with E-state index in [4.69, 9.17) is 0 Å². The van der Waals surface area contributed by atoms with Gasteiger partial charge in [0.15, 0.2) is 0 Å². The first-order valence-electron chi connectivity index (χ1n) is 7.14. The average molecular weight is 309 g/mol. The number of aromatic nitrogens is 2. The van der Waals surface area contributed by atoms with Gasteiger partial charge in [-0.15, -0.1) is 0 Å². The molecule has 0 fully saturated rings. The van der Waals surface area contributed by atoms with E-state index in [9.17, 15) is 13.2 Å². The van der Waals surface area contributed by atoms with Gasteiger partial charge in [0.05, 0.1) is 0 Å². The van der Waals surface area contributed by atoms with Crippen LogP contribution in [0.2, 0.25) is 0 Å². The van der Waals surface area contributed by atoms with E-state index in [1.54, 1.807) is 19.3 Å². The molecule has 3 nitrogen and oxygen atoms in total. The Kier molecular flexibility index (Phi) is 5.35. The van der Waals surface area contributed by atoms with Gasteiger partial charge in [-0.3, -0.25) is 0 Å². The summed E-state index contributed by atoms with van der Waals surface area (Å²) >= 11 is 0. The quantitative estimate of drug-likeness (QED) is 0.851. The third-order valence-corrected chi connectivity index (χ3v) is 3.47. The largest absolute Gasteiger partial charge is 0.389 e. The number of anilines is 1. The average Bonchev–Trinajstić information content (AvgIpc) is 2.52. The zero-order valence-corrected chi connectivity index (χ0v) is 12.3. The van der Waals surface area contributed by atoms with Gasteiger partial charge in [-0.05, 0) is 23.6 Å². The van der Waals surface area contributed by atoms with Crippen LogP contribution in [-0.2, 0) is 0 Å². The molecule has 0 aliphatic carbocycles. The molecular formula is C16H18F3N3. The van der Waals surface area contributed by atoms with Crippen molar-refractivity contribution >= 4 is 5.69 Å². The fourth-order valence-corrected chi connectivity index (χ4v) is 2.18. The van der Waals surface area contributed by atoms with Gasteiger partial charge in [-0.25, -0.2) is 9.97 Å². The number of nitrogens with zero attached hydrogens (tertiary/aromatic N) is 2. The Morgan fingerprint density at radius 2 is 1.68 bits per heavy atom. The van der Waals surface area contributed by atoms with Gasteiger partial charge in [-0.2, -0.15) is 13.2 Å². The molecule has 1 aromatic heterocycles. The van der Waals surface area contributed by atoms with Crippen molar-refractivity contribution in [2.75, 3.05) is 11.9 Å². The summed E-state index contributed by atoms with van der Waals surface area (Å²) in [6, 6.07) is 7.49. The molecule has 0 aliphatic rings. The Labute approximate surface area is 127 Å². The van der Waals surface area contributed by atoms with Crippen molar-refractivity contribution in [3.63, 3.8) is 0 Å². The van der Waals surface area contributed by atoms with E-state index in [1.165, 1.54) is 6.33 Å². The Hall–Kier alpha value is -2.11. The molecule has 6 heteroatoms. The molecule has 1 N–H and O–H groups in total. The van der Waals surface area contributed by atoms with Crippen molar-refractivity contribution < 1.29 is 13.2 Å². The highest BCUT2D eigenvalue weighted by Gasteiger charge is 2.30. The Morgan fingerprint density at radius 1 is 1.05 bits per heavy atom. The Balaban J connectivity index is 1.94. The molecule has 0 spiro atoms. The third-order valence-electron chi connectivity index (χ3n) is 3.47. The van der Waals surface area contributed by atoms with Crippen LogP contribution < -0.4 is 5.32 Å². The minimum Gasteiger partial charge on any atom is -0.385 e. The summed E-state index contributed by atoms with van der Waals surface area (Å²) in [5.41, 5.74) is 2.67. The van der Waals surface area contributed by atoms with Gasteiger partial charge in [0, 0.05) is 36.6 Å². The summed E-state index contributed by atoms with van der Waals surface area (Å²) in [5.74, 6) is -0.415. The lowest BCUT2D eigenvalue weighted by Crippen LogP contribution is -2.21. The number of alkyl halides is 3. The first-order valence-corrected chi connectivity index (χ1v) is 7.14. The first-order chi connectivity index (χ1) is 10.5. The maximum Gasteiger partial charge on any atom is 0.389 e. The predicted molar refractivity (Wildman–Crippen MR) is 80.4 cm³/mol. The first kappa shape index (κ1) is 16.3. The van der Waals surface area contributed by atoms with Crippen LogP contribution in [0, 0.1) is 5.92 Å². The standard InChI is InChI=1S/C16H18F3N3/c1-2-12(7-16(17,18)19)8-22-15-5-3-13(4-6-15)14-9-20-11-21-10-14/h3-6,9-12,22H,2,7-8H2,1H3. The Morgan fingerprint density at radius 3 is 2.23 bits per heavy atom. The number of hydrogen-bond donors (Lipinski definition) is 1. The molecule has 1 aromatic carbocycles. The van der Waals surface area contributed by atoms with Crippen LogP contribution in [0.15, 0.2) is 43.0 Å². The number of benzene rings is 1. The fraction of sp³-hybridized carbons (Fsp3) is 0.375. The van der Waals surface area contributed by atoms with Gasteiger partial charge in [-0.1, -0.05) is 25.5 Å². The monoisotopic (exact) mass is 309 g/mol. The number of nitrogens with one attached hydrogen (secondary N) is 1. The molecule has 0 saturated heterocycles. The molecule has 1 unspecified atom stereocenters. The predicted octanol–water partition coefficient (Wildman–Crippen LogP) is 4.53. The Bertz CT molecular complexity index is 567. The number of halogens is 3. The molecule has 1 heterocycles. The van der Waals surface area contributed by atoms with Crippen LogP contribution in [0.3, 0.4) is 0 Å². The highest BCUT2D eigenvalue weighted by molar-refractivity contribution is 5.64. The normalized spacial score (nSPS) is 12.9. The summed E-state index contributed by atoms with van der Waals surface area (Å²) in [7, 11) is 0. The topological polar surface area (TPSA) is 37.8 Å². The second kappa shape index (κ2) is 7.24. The van der Waals surface area contributed by atoms with E-state index in [0.717, 1.165) is 16.8 Å². The molecule has 2 aromatic rings. The van der Waals surface area contributed by atoms with Gasteiger partial charge < -0.3 is 5.32 Å². The summed E-state index contributed by atoms with van der Waals surface area (Å²) in [5, 5.41) is 3.07. The molecule has 0 radical (unpaired) electrons. The molecule has 0 saturated carbocycles. The van der Waals surface area contributed by atoms with Crippen LogP contribution >= 0.6 is 0 Å². The van der Waals surface area contributed by atoms with E-state index in [0.29, 0.717) is 13.0 Å². The second-order valence-electron chi connectivity index (χ2n) is 5.18. The summed E-state index contributed by atoms with van der Waals surface area (Å²) in [4.78, 5) is 7.91. The van der Waals surface area contributed by atoms with E-state index in [2.05, 4.69) is 15.3 Å². The smallest absolute Gasteiger partial charge is 0.385 e. The van der Waals surface area contributed by atoms with Crippen molar-refractivity contribution in [2.45, 2.75) is 25.9 Å². The van der Waals surface area contributed by atoms with E-state index < -0.39 is 18.5 Å². The van der Waals surface area contributed by atoms with Crippen molar-refractivity contribution in [1.82, 2.24) is 9.97 Å². The summed E-state index contributed by atoms with van der Waals surface area (Å²) < 4.78 is 37.3. The number of rotatable bonds is 6. The summed E-state index contributed by atoms with van der Waals surface area (Å²) in [6.07, 6.45) is 0.518. The highest BCUT2D eigenvalue weighted by Crippen LogP contribution is 2.27. The zero-order valence-electron chi connectivity index (χ0n) is 12.3. The molecule has 118 valence electrons. The van der Waals surface area contributed by atoms with E-state index in [1.807, 2.05) is 24.3 Å². The van der Waals surface area contributed by atoms with Crippen molar-refractivity contribution in [1.29, 1.82) is 0 Å². The SMILES string of the molecule is CCC(CNc1ccc(-c2cncnc2)cc1)CC(F)(F)F. The molecule has 0 aliphatic heterocycles. The molecule has 2 rings (SSSR count). The van der Waals surface area contributed by atoms with Gasteiger partial charge in [0.1, 0.15) is 6.33 Å². The molecule has 1 atom stereocenters. The molecular weight excluding hydrogens is 291 g/mol. The lowest BCUT2D eigenvalue weighted by Gasteiger charge is -2.18. The zero-order chi connectivity index (χ0) is 16.0. The third kappa shape index (κ3) is 5.02. The van der Waals surface area contributed by atoms with E-state index >= 15 is 0 Å². The minimum atomic E-state index is -4.11. The lowest BCUT2D eigenvalue weighted by atomic mass is 10.0. The van der Waals surface area contributed by atoms with Crippen LogP contribution in [-0.4, -0.2) is 22.7 Å². The fourth-order valence-electron chi connectivity index (χ4n) is 2.18. The van der Waals surface area contributed by atoms with Crippen molar-refractivity contribution in [3.05, 3.63) is 43.0 Å². The molecule has 22 heavy (non-hydrogen) atoms. The van der Waals surface area contributed by atoms with Crippen molar-refractivity contribution in [2.24, 2.45) is 5.92 Å². The number of hydrogen-bond acceptors (Lipinski definition) is 3. The van der Waals surface area contributed by atoms with Gasteiger partial charge >= 0.3 is 6.18 Å². The van der Waals surface area contributed by atoms with Crippen molar-refractivity contribution in [3.8, 4) is 11.1 Å². The van der Waals surface area contributed by atoms with Crippen LogP contribution in [0.25, 0.3) is 11.1 Å². The minimum absolute atomic E-state index is 0.309. The van der Waals surface area contributed by atoms with Crippen LogP contribution in [0.4, 0.5) is 18.9 Å².